The second-order valence-corrected chi connectivity index (χ2v) is 6.93. The molecule has 7 nitrogen and oxygen atoms in total. The minimum absolute atomic E-state index is 0.00506. The summed E-state index contributed by atoms with van der Waals surface area (Å²) in [4.78, 5) is 26.8. The second-order valence-electron chi connectivity index (χ2n) is 6.93. The number of piperidine rings is 1. The van der Waals surface area contributed by atoms with Gasteiger partial charge in [-0.3, -0.25) is 9.59 Å². The number of hydrogen-bond donors (Lipinski definition) is 2. The molecule has 1 aliphatic rings. The van der Waals surface area contributed by atoms with Crippen LogP contribution in [0.3, 0.4) is 0 Å². The van der Waals surface area contributed by atoms with E-state index in [1.165, 1.54) is 0 Å². The Hall–Kier alpha value is -2.28. The van der Waals surface area contributed by atoms with Gasteiger partial charge in [0.1, 0.15) is 0 Å². The van der Waals surface area contributed by atoms with E-state index in [4.69, 9.17) is 15.2 Å². The Bertz CT molecular complexity index is 651. The molecule has 1 heterocycles. The van der Waals surface area contributed by atoms with Crippen LogP contribution in [0.5, 0.6) is 11.5 Å². The number of nitrogens with one attached hydrogen (secondary N) is 1. The molecule has 7 heteroatoms. The summed E-state index contributed by atoms with van der Waals surface area (Å²) in [5.74, 6) is 1.13. The lowest BCUT2D eigenvalue weighted by Crippen LogP contribution is -2.49. The van der Waals surface area contributed by atoms with Gasteiger partial charge in [-0.1, -0.05) is 6.92 Å². The molecule has 1 fully saturated rings. The van der Waals surface area contributed by atoms with Gasteiger partial charge in [0.05, 0.1) is 13.2 Å². The van der Waals surface area contributed by atoms with Gasteiger partial charge in [0, 0.05) is 37.7 Å². The molecular formula is C21H33N3O4. The van der Waals surface area contributed by atoms with E-state index in [0.717, 1.165) is 25.7 Å². The highest BCUT2D eigenvalue weighted by Gasteiger charge is 2.28. The molecule has 1 aliphatic heterocycles. The number of hydrogen-bond acceptors (Lipinski definition) is 5. The van der Waals surface area contributed by atoms with E-state index in [0.29, 0.717) is 56.3 Å². The zero-order valence-electron chi connectivity index (χ0n) is 17.0. The van der Waals surface area contributed by atoms with Gasteiger partial charge >= 0.3 is 0 Å². The summed E-state index contributed by atoms with van der Waals surface area (Å²) >= 11 is 0. The summed E-state index contributed by atoms with van der Waals surface area (Å²) in [6.07, 6.45) is 4.10. The molecule has 1 saturated heterocycles. The molecule has 0 radical (unpaired) electrons. The van der Waals surface area contributed by atoms with Crippen molar-refractivity contribution in [1.82, 2.24) is 10.2 Å². The molecule has 1 atom stereocenters. The third-order valence-corrected chi connectivity index (χ3v) is 4.75. The molecule has 1 aromatic rings. The number of nitrogens with two attached hydrogens (primary N) is 1. The Morgan fingerprint density at radius 1 is 1.21 bits per heavy atom. The maximum Gasteiger partial charge on any atom is 0.254 e. The van der Waals surface area contributed by atoms with E-state index in [-0.39, 0.29) is 17.9 Å². The van der Waals surface area contributed by atoms with Crippen molar-refractivity contribution in [3.8, 4) is 11.5 Å². The van der Waals surface area contributed by atoms with Crippen molar-refractivity contribution < 1.29 is 19.1 Å². The SMILES string of the molecule is CCCOc1ccc(C(=O)N2CCCCC2CNC(=O)CCN)cc1OCC. The number of rotatable bonds is 10. The third kappa shape index (κ3) is 6.12. The topological polar surface area (TPSA) is 93.9 Å². The fraction of sp³-hybridized carbons (Fsp3) is 0.619. The van der Waals surface area contributed by atoms with Crippen LogP contribution >= 0.6 is 0 Å². The lowest BCUT2D eigenvalue weighted by Gasteiger charge is -2.36. The van der Waals surface area contributed by atoms with Crippen molar-refractivity contribution in [2.75, 3.05) is 32.8 Å². The standard InChI is InChI=1S/C21H33N3O4/c1-3-13-28-18-9-8-16(14-19(18)27-4-2)21(26)24-12-6-5-7-17(24)15-23-20(25)10-11-22/h8-9,14,17H,3-7,10-13,15,22H2,1-2H3,(H,23,25). The van der Waals surface area contributed by atoms with Gasteiger partial charge in [-0.05, 0) is 50.8 Å². The van der Waals surface area contributed by atoms with Crippen LogP contribution in [0.25, 0.3) is 0 Å². The van der Waals surface area contributed by atoms with E-state index >= 15 is 0 Å². The van der Waals surface area contributed by atoms with Crippen molar-refractivity contribution in [2.24, 2.45) is 5.73 Å². The molecule has 0 aliphatic carbocycles. The lowest BCUT2D eigenvalue weighted by molar-refractivity contribution is -0.121. The van der Waals surface area contributed by atoms with Crippen LogP contribution in [0.4, 0.5) is 0 Å². The molecule has 0 spiro atoms. The van der Waals surface area contributed by atoms with Gasteiger partial charge in [0.15, 0.2) is 11.5 Å². The van der Waals surface area contributed by atoms with Crippen molar-refractivity contribution >= 4 is 11.8 Å². The first kappa shape index (κ1) is 22.0. The Balaban J connectivity index is 2.12. The average Bonchev–Trinajstić information content (AvgIpc) is 2.71. The zero-order chi connectivity index (χ0) is 20.4. The van der Waals surface area contributed by atoms with Crippen molar-refractivity contribution in [3.05, 3.63) is 23.8 Å². The minimum atomic E-state index is -0.0727. The maximum absolute atomic E-state index is 13.2. The molecule has 0 aromatic heterocycles. The van der Waals surface area contributed by atoms with Crippen LogP contribution < -0.4 is 20.5 Å². The molecule has 2 rings (SSSR count). The molecule has 0 bridgehead atoms. The molecular weight excluding hydrogens is 358 g/mol. The molecule has 1 aromatic carbocycles. The quantitative estimate of drug-likeness (QED) is 0.638. The summed E-state index contributed by atoms with van der Waals surface area (Å²) < 4.78 is 11.4. The first-order chi connectivity index (χ1) is 13.6. The maximum atomic E-state index is 13.2. The average molecular weight is 392 g/mol. The molecule has 28 heavy (non-hydrogen) atoms. The van der Waals surface area contributed by atoms with Crippen LogP contribution in [0.1, 0.15) is 56.3 Å². The van der Waals surface area contributed by atoms with E-state index < -0.39 is 0 Å². The van der Waals surface area contributed by atoms with Gasteiger partial charge in [-0.25, -0.2) is 0 Å². The lowest BCUT2D eigenvalue weighted by atomic mass is 10.0. The second kappa shape index (κ2) is 11.5. The van der Waals surface area contributed by atoms with Crippen molar-refractivity contribution in [3.63, 3.8) is 0 Å². The number of likely N-dealkylation sites (tertiary alicyclic amines) is 1. The third-order valence-electron chi connectivity index (χ3n) is 4.75. The van der Waals surface area contributed by atoms with Crippen molar-refractivity contribution in [2.45, 2.75) is 52.0 Å². The van der Waals surface area contributed by atoms with Crippen LogP contribution in [-0.2, 0) is 4.79 Å². The number of benzene rings is 1. The largest absolute Gasteiger partial charge is 0.490 e. The van der Waals surface area contributed by atoms with Crippen molar-refractivity contribution in [1.29, 1.82) is 0 Å². The van der Waals surface area contributed by atoms with E-state index in [1.807, 2.05) is 18.7 Å². The summed E-state index contributed by atoms with van der Waals surface area (Å²) in [7, 11) is 0. The Kier molecular flexibility index (Phi) is 9.07. The number of amides is 2. The highest BCUT2D eigenvalue weighted by Crippen LogP contribution is 2.30. The Labute approximate surface area is 167 Å². The number of nitrogens with zero attached hydrogens (tertiary/aromatic N) is 1. The van der Waals surface area contributed by atoms with Gasteiger partial charge in [-0.15, -0.1) is 0 Å². The highest BCUT2D eigenvalue weighted by atomic mass is 16.5. The molecule has 0 saturated carbocycles. The number of carbonyl (C=O) groups is 2. The van der Waals surface area contributed by atoms with Crippen LogP contribution in [0, 0.1) is 0 Å². The molecule has 1 unspecified atom stereocenters. The minimum Gasteiger partial charge on any atom is -0.490 e. The van der Waals surface area contributed by atoms with Gasteiger partial charge < -0.3 is 25.4 Å². The Morgan fingerprint density at radius 2 is 2.04 bits per heavy atom. The monoisotopic (exact) mass is 391 g/mol. The summed E-state index contributed by atoms with van der Waals surface area (Å²) in [6, 6.07) is 5.34. The Morgan fingerprint density at radius 3 is 2.75 bits per heavy atom. The van der Waals surface area contributed by atoms with Crippen LogP contribution in [0.15, 0.2) is 18.2 Å². The highest BCUT2D eigenvalue weighted by molar-refractivity contribution is 5.95. The van der Waals surface area contributed by atoms with E-state index in [2.05, 4.69) is 5.32 Å². The molecule has 3 N–H and O–H groups in total. The summed E-state index contributed by atoms with van der Waals surface area (Å²) in [6.45, 7) is 6.52. The summed E-state index contributed by atoms with van der Waals surface area (Å²) in [5, 5.41) is 2.90. The molecule has 156 valence electrons. The number of carbonyl (C=O) groups excluding carboxylic acids is 2. The summed E-state index contributed by atoms with van der Waals surface area (Å²) in [5.41, 5.74) is 6.00. The van der Waals surface area contributed by atoms with Crippen LogP contribution in [0.2, 0.25) is 0 Å². The normalized spacial score (nSPS) is 16.5. The zero-order valence-corrected chi connectivity index (χ0v) is 17.0. The predicted octanol–water partition coefficient (Wildman–Crippen LogP) is 2.33. The van der Waals surface area contributed by atoms with E-state index in [9.17, 15) is 9.59 Å². The van der Waals surface area contributed by atoms with E-state index in [1.54, 1.807) is 18.2 Å². The first-order valence-electron chi connectivity index (χ1n) is 10.3. The predicted molar refractivity (Wildman–Crippen MR) is 109 cm³/mol. The number of ether oxygens (including phenoxy) is 2. The first-order valence-corrected chi connectivity index (χ1v) is 10.3. The molecule has 2 amide bonds. The fourth-order valence-electron chi connectivity index (χ4n) is 3.34. The smallest absolute Gasteiger partial charge is 0.254 e. The fourth-order valence-corrected chi connectivity index (χ4v) is 3.34. The van der Waals surface area contributed by atoms with Gasteiger partial charge in [-0.2, -0.15) is 0 Å². The van der Waals surface area contributed by atoms with Crippen LogP contribution in [-0.4, -0.2) is 55.6 Å². The van der Waals surface area contributed by atoms with Gasteiger partial charge in [0.25, 0.3) is 5.91 Å². The van der Waals surface area contributed by atoms with Gasteiger partial charge in [0.2, 0.25) is 5.91 Å².